The standard InChI is InChI=1S/C13H9NO4/c15-10(5-6-12(17)18)8-3-4-11(16)13-9(8)2-1-7-14-13/h1-7,16H,(H,17,18)/b6-5+. The number of aliphatic carboxylic acids is 1. The van der Waals surface area contributed by atoms with Gasteiger partial charge >= 0.3 is 5.97 Å². The SMILES string of the molecule is O=C(O)/C=C/C(=O)c1ccc(O)c2ncccc12. The van der Waals surface area contributed by atoms with Crippen molar-refractivity contribution < 1.29 is 19.8 Å². The minimum atomic E-state index is -1.19. The topological polar surface area (TPSA) is 87.5 Å². The molecule has 0 saturated carbocycles. The van der Waals surface area contributed by atoms with Gasteiger partial charge in [0.2, 0.25) is 0 Å². The third-order valence-corrected chi connectivity index (χ3v) is 2.39. The Bertz CT molecular complexity index is 661. The molecule has 2 N–H and O–H groups in total. The van der Waals surface area contributed by atoms with Gasteiger partial charge in [0.05, 0.1) is 0 Å². The largest absolute Gasteiger partial charge is 0.506 e. The summed E-state index contributed by atoms with van der Waals surface area (Å²) in [6.07, 6.45) is 3.25. The van der Waals surface area contributed by atoms with Crippen molar-refractivity contribution in [3.8, 4) is 5.75 Å². The summed E-state index contributed by atoms with van der Waals surface area (Å²) in [5.74, 6) is -1.66. The van der Waals surface area contributed by atoms with Gasteiger partial charge in [0.15, 0.2) is 5.78 Å². The molecule has 0 aliphatic rings. The number of fused-ring (bicyclic) bond motifs is 1. The minimum absolute atomic E-state index is 0.0237. The molecular weight excluding hydrogens is 234 g/mol. The predicted octanol–water partition coefficient (Wildman–Crippen LogP) is 1.76. The predicted molar refractivity (Wildman–Crippen MR) is 64.5 cm³/mol. The molecule has 5 heteroatoms. The summed E-state index contributed by atoms with van der Waals surface area (Å²) in [5.41, 5.74) is 0.612. The lowest BCUT2D eigenvalue weighted by Crippen LogP contribution is -1.98. The van der Waals surface area contributed by atoms with Gasteiger partial charge in [0.25, 0.3) is 0 Å². The van der Waals surface area contributed by atoms with Crippen LogP contribution in [-0.4, -0.2) is 26.9 Å². The summed E-state index contributed by atoms with van der Waals surface area (Å²) >= 11 is 0. The van der Waals surface area contributed by atoms with Gasteiger partial charge in [-0.05, 0) is 24.3 Å². The van der Waals surface area contributed by atoms with Crippen LogP contribution < -0.4 is 0 Å². The van der Waals surface area contributed by atoms with Gasteiger partial charge in [-0.2, -0.15) is 0 Å². The molecule has 0 fully saturated rings. The molecule has 2 rings (SSSR count). The Hall–Kier alpha value is -2.69. The van der Waals surface area contributed by atoms with Crippen LogP contribution in [0.15, 0.2) is 42.6 Å². The molecule has 0 unspecified atom stereocenters. The molecule has 1 aromatic carbocycles. The van der Waals surface area contributed by atoms with Crippen molar-refractivity contribution in [2.75, 3.05) is 0 Å². The number of hydrogen-bond acceptors (Lipinski definition) is 4. The number of aromatic hydroxyl groups is 1. The third kappa shape index (κ3) is 2.20. The van der Waals surface area contributed by atoms with E-state index >= 15 is 0 Å². The van der Waals surface area contributed by atoms with Crippen molar-refractivity contribution >= 4 is 22.7 Å². The van der Waals surface area contributed by atoms with Crippen molar-refractivity contribution in [2.24, 2.45) is 0 Å². The van der Waals surface area contributed by atoms with E-state index in [4.69, 9.17) is 5.11 Å². The summed E-state index contributed by atoms with van der Waals surface area (Å²) in [6, 6.07) is 6.08. The molecule has 0 aliphatic heterocycles. The van der Waals surface area contributed by atoms with E-state index in [9.17, 15) is 14.7 Å². The average molecular weight is 243 g/mol. The van der Waals surface area contributed by atoms with E-state index in [1.807, 2.05) is 0 Å². The molecule has 0 bridgehead atoms. The Morgan fingerprint density at radius 3 is 2.67 bits per heavy atom. The van der Waals surface area contributed by atoms with Crippen molar-refractivity contribution in [3.05, 3.63) is 48.2 Å². The van der Waals surface area contributed by atoms with Crippen molar-refractivity contribution in [3.63, 3.8) is 0 Å². The zero-order valence-electron chi connectivity index (χ0n) is 9.20. The maximum absolute atomic E-state index is 11.8. The summed E-state index contributed by atoms with van der Waals surface area (Å²) in [7, 11) is 0. The number of ketones is 1. The Kier molecular flexibility index (Phi) is 3.05. The number of carbonyl (C=O) groups is 2. The molecule has 1 aromatic heterocycles. The van der Waals surface area contributed by atoms with E-state index < -0.39 is 11.8 Å². The fraction of sp³-hybridized carbons (Fsp3) is 0. The maximum Gasteiger partial charge on any atom is 0.328 e. The van der Waals surface area contributed by atoms with Gasteiger partial charge in [0, 0.05) is 23.2 Å². The lowest BCUT2D eigenvalue weighted by atomic mass is 10.0. The lowest BCUT2D eigenvalue weighted by Gasteiger charge is -2.04. The summed E-state index contributed by atoms with van der Waals surface area (Å²) in [4.78, 5) is 26.2. The molecule has 0 radical (unpaired) electrons. The number of aromatic nitrogens is 1. The van der Waals surface area contributed by atoms with Crippen LogP contribution in [0.2, 0.25) is 0 Å². The summed E-state index contributed by atoms with van der Waals surface area (Å²) in [5, 5.41) is 18.6. The fourth-order valence-corrected chi connectivity index (χ4v) is 1.61. The van der Waals surface area contributed by atoms with Gasteiger partial charge in [-0.3, -0.25) is 9.78 Å². The van der Waals surface area contributed by atoms with Crippen LogP contribution in [0, 0.1) is 0 Å². The van der Waals surface area contributed by atoms with Crippen LogP contribution >= 0.6 is 0 Å². The molecule has 0 spiro atoms. The highest BCUT2D eigenvalue weighted by atomic mass is 16.4. The highest BCUT2D eigenvalue weighted by molar-refractivity contribution is 6.14. The van der Waals surface area contributed by atoms with Gasteiger partial charge in [0.1, 0.15) is 11.3 Å². The van der Waals surface area contributed by atoms with E-state index in [-0.39, 0.29) is 5.75 Å². The van der Waals surface area contributed by atoms with Gasteiger partial charge in [-0.15, -0.1) is 0 Å². The molecule has 5 nitrogen and oxygen atoms in total. The number of pyridine rings is 1. The average Bonchev–Trinajstić information content (AvgIpc) is 2.37. The number of allylic oxidation sites excluding steroid dienone is 1. The number of phenols is 1. The fourth-order valence-electron chi connectivity index (χ4n) is 1.61. The van der Waals surface area contributed by atoms with E-state index in [2.05, 4.69) is 4.98 Å². The molecule has 18 heavy (non-hydrogen) atoms. The molecule has 0 aliphatic carbocycles. The number of carboxylic acid groups (broad SMARTS) is 1. The van der Waals surface area contributed by atoms with Gasteiger partial charge < -0.3 is 10.2 Å². The van der Waals surface area contributed by atoms with E-state index in [0.29, 0.717) is 16.5 Å². The summed E-state index contributed by atoms with van der Waals surface area (Å²) in [6.45, 7) is 0. The van der Waals surface area contributed by atoms with Gasteiger partial charge in [-0.25, -0.2) is 4.79 Å². The smallest absolute Gasteiger partial charge is 0.328 e. The Morgan fingerprint density at radius 1 is 1.17 bits per heavy atom. The number of rotatable bonds is 3. The van der Waals surface area contributed by atoms with Crippen LogP contribution in [-0.2, 0) is 4.79 Å². The Balaban J connectivity index is 2.55. The van der Waals surface area contributed by atoms with Crippen LogP contribution in [0.4, 0.5) is 0 Å². The first-order valence-electron chi connectivity index (χ1n) is 5.11. The first kappa shape index (κ1) is 11.8. The molecule has 90 valence electrons. The van der Waals surface area contributed by atoms with Crippen molar-refractivity contribution in [1.29, 1.82) is 0 Å². The van der Waals surface area contributed by atoms with Crippen LogP contribution in [0.25, 0.3) is 10.9 Å². The summed E-state index contributed by atoms with van der Waals surface area (Å²) < 4.78 is 0. The first-order chi connectivity index (χ1) is 8.59. The second-order valence-electron chi connectivity index (χ2n) is 3.57. The zero-order chi connectivity index (χ0) is 13.1. The zero-order valence-corrected chi connectivity index (χ0v) is 9.20. The molecular formula is C13H9NO4. The second kappa shape index (κ2) is 4.67. The van der Waals surface area contributed by atoms with E-state index in [0.717, 1.165) is 12.2 Å². The minimum Gasteiger partial charge on any atom is -0.506 e. The first-order valence-corrected chi connectivity index (χ1v) is 5.11. The van der Waals surface area contributed by atoms with Crippen LogP contribution in [0.5, 0.6) is 5.75 Å². The number of carbonyl (C=O) groups excluding carboxylic acids is 1. The van der Waals surface area contributed by atoms with Crippen LogP contribution in [0.3, 0.4) is 0 Å². The van der Waals surface area contributed by atoms with Crippen LogP contribution in [0.1, 0.15) is 10.4 Å². The maximum atomic E-state index is 11.8. The molecule has 0 saturated heterocycles. The number of benzene rings is 1. The third-order valence-electron chi connectivity index (χ3n) is 2.39. The normalized spacial score (nSPS) is 10.9. The Labute approximate surface area is 102 Å². The molecule has 0 atom stereocenters. The highest BCUT2D eigenvalue weighted by Gasteiger charge is 2.10. The van der Waals surface area contributed by atoms with Crippen molar-refractivity contribution in [2.45, 2.75) is 0 Å². The Morgan fingerprint density at radius 2 is 1.94 bits per heavy atom. The number of nitrogens with zero attached hydrogens (tertiary/aromatic N) is 1. The quantitative estimate of drug-likeness (QED) is 0.633. The number of carboxylic acids is 1. The molecule has 1 heterocycles. The monoisotopic (exact) mass is 243 g/mol. The van der Waals surface area contributed by atoms with E-state index in [1.165, 1.54) is 18.3 Å². The second-order valence-corrected chi connectivity index (χ2v) is 3.57. The molecule has 2 aromatic rings. The van der Waals surface area contributed by atoms with Crippen molar-refractivity contribution in [1.82, 2.24) is 4.98 Å². The molecule has 0 amide bonds. The number of hydrogen-bond donors (Lipinski definition) is 2. The lowest BCUT2D eigenvalue weighted by molar-refractivity contribution is -0.131. The van der Waals surface area contributed by atoms with E-state index in [1.54, 1.807) is 12.1 Å². The highest BCUT2D eigenvalue weighted by Crippen LogP contribution is 2.25. The number of phenolic OH excluding ortho intramolecular Hbond substituents is 1. The van der Waals surface area contributed by atoms with Gasteiger partial charge in [-0.1, -0.05) is 6.07 Å².